The lowest BCUT2D eigenvalue weighted by molar-refractivity contribution is 0.694. The highest BCUT2D eigenvalue weighted by atomic mass is 35.5. The van der Waals surface area contributed by atoms with Crippen LogP contribution in [0.1, 0.15) is 44.9 Å². The fraction of sp³-hybridized carbons (Fsp3) is 0.375. The second kappa shape index (κ2) is 7.62. The van der Waals surface area contributed by atoms with E-state index in [-0.39, 0.29) is 0 Å². The van der Waals surface area contributed by atoms with E-state index in [1.54, 1.807) is 0 Å². The van der Waals surface area contributed by atoms with Gasteiger partial charge < -0.3 is 4.57 Å². The molecule has 0 aliphatic rings. The number of benzene rings is 1. The molecule has 0 saturated heterocycles. The maximum absolute atomic E-state index is 6.24. The summed E-state index contributed by atoms with van der Waals surface area (Å²) in [4.78, 5) is 0. The van der Waals surface area contributed by atoms with Crippen LogP contribution in [0.2, 0.25) is 10.2 Å². The summed E-state index contributed by atoms with van der Waals surface area (Å²) < 4.78 is 2.07. The van der Waals surface area contributed by atoms with Gasteiger partial charge in [0.05, 0.1) is 5.02 Å². The third-order valence-electron chi connectivity index (χ3n) is 2.80. The van der Waals surface area contributed by atoms with E-state index in [0.717, 1.165) is 6.54 Å². The van der Waals surface area contributed by atoms with E-state index in [9.17, 15) is 0 Å². The lowest BCUT2D eigenvalue weighted by atomic mass is 10.1. The minimum atomic E-state index is 0.406. The molecule has 1 aromatic carbocycles. The molecule has 0 saturated carbocycles. The van der Waals surface area contributed by atoms with Crippen molar-refractivity contribution in [1.82, 2.24) is 4.57 Å². The van der Waals surface area contributed by atoms with Crippen molar-refractivity contribution in [2.45, 2.75) is 40.2 Å². The van der Waals surface area contributed by atoms with Crippen LogP contribution in [0.25, 0.3) is 0 Å². The summed E-state index contributed by atoms with van der Waals surface area (Å²) in [7, 11) is 0. The largest absolute Gasteiger partial charge is 0.330 e. The maximum Gasteiger partial charge on any atom is 0.128 e. The molecule has 19 heavy (non-hydrogen) atoms. The first kappa shape index (κ1) is 16.1. The van der Waals surface area contributed by atoms with E-state index in [1.807, 2.05) is 38.1 Å². The third-order valence-corrected chi connectivity index (χ3v) is 3.59. The van der Waals surface area contributed by atoms with Gasteiger partial charge in [0.2, 0.25) is 0 Å². The second-order valence-corrected chi connectivity index (χ2v) is 5.20. The molecule has 0 atom stereocenters. The van der Waals surface area contributed by atoms with E-state index in [2.05, 4.69) is 30.5 Å². The van der Waals surface area contributed by atoms with Gasteiger partial charge in [0, 0.05) is 12.2 Å². The average molecular weight is 298 g/mol. The van der Waals surface area contributed by atoms with Gasteiger partial charge >= 0.3 is 0 Å². The second-order valence-electron chi connectivity index (χ2n) is 4.43. The summed E-state index contributed by atoms with van der Waals surface area (Å²) in [6, 6.07) is 12.2. The number of rotatable bonds is 3. The molecule has 104 valence electrons. The SMILES string of the molecule is CC.CC(C)c1cc(Cl)c(Cl)n1Cc1ccccc1. The highest BCUT2D eigenvalue weighted by Crippen LogP contribution is 2.31. The van der Waals surface area contributed by atoms with Gasteiger partial charge in [-0.1, -0.05) is 81.2 Å². The molecule has 1 aromatic heterocycles. The molecule has 1 heterocycles. The zero-order valence-corrected chi connectivity index (χ0v) is 13.5. The Hall–Kier alpha value is -0.920. The zero-order valence-electron chi connectivity index (χ0n) is 12.0. The maximum atomic E-state index is 6.24. The highest BCUT2D eigenvalue weighted by molar-refractivity contribution is 6.41. The van der Waals surface area contributed by atoms with Crippen LogP contribution in [0.4, 0.5) is 0 Å². The number of nitrogens with zero attached hydrogens (tertiary/aromatic N) is 1. The Morgan fingerprint density at radius 3 is 2.16 bits per heavy atom. The predicted octanol–water partition coefficient (Wildman–Crippen LogP) is 5.99. The minimum absolute atomic E-state index is 0.406. The molecule has 3 heteroatoms. The van der Waals surface area contributed by atoms with Gasteiger partial charge in [-0.2, -0.15) is 0 Å². The average Bonchev–Trinajstić information content (AvgIpc) is 2.71. The molecule has 0 aliphatic heterocycles. The van der Waals surface area contributed by atoms with Crippen molar-refractivity contribution in [2.75, 3.05) is 0 Å². The van der Waals surface area contributed by atoms with Crippen LogP contribution in [0, 0.1) is 0 Å². The van der Waals surface area contributed by atoms with Crippen LogP contribution in [-0.2, 0) is 6.54 Å². The fourth-order valence-electron chi connectivity index (χ4n) is 1.91. The first-order valence-electron chi connectivity index (χ1n) is 6.68. The third kappa shape index (κ3) is 4.02. The fourth-order valence-corrected chi connectivity index (χ4v) is 2.34. The summed E-state index contributed by atoms with van der Waals surface area (Å²) >= 11 is 12.3. The Morgan fingerprint density at radius 1 is 1.05 bits per heavy atom. The smallest absolute Gasteiger partial charge is 0.128 e. The number of halogens is 2. The Bertz CT molecular complexity index is 501. The molecule has 0 bridgehead atoms. The molecule has 2 rings (SSSR count). The van der Waals surface area contributed by atoms with Crippen molar-refractivity contribution in [3.63, 3.8) is 0 Å². The van der Waals surface area contributed by atoms with E-state index in [4.69, 9.17) is 23.2 Å². The topological polar surface area (TPSA) is 4.93 Å². The monoisotopic (exact) mass is 297 g/mol. The Kier molecular flexibility index (Phi) is 6.47. The van der Waals surface area contributed by atoms with Gasteiger partial charge in [-0.3, -0.25) is 0 Å². The Morgan fingerprint density at radius 2 is 1.63 bits per heavy atom. The van der Waals surface area contributed by atoms with Crippen molar-refractivity contribution in [2.24, 2.45) is 0 Å². The van der Waals surface area contributed by atoms with Crippen LogP contribution in [0.5, 0.6) is 0 Å². The van der Waals surface area contributed by atoms with Crippen molar-refractivity contribution in [1.29, 1.82) is 0 Å². The van der Waals surface area contributed by atoms with Gasteiger partial charge in [0.1, 0.15) is 5.15 Å². The van der Waals surface area contributed by atoms with Gasteiger partial charge in [0.15, 0.2) is 0 Å². The molecule has 0 amide bonds. The molecule has 0 unspecified atom stereocenters. The van der Waals surface area contributed by atoms with Crippen molar-refractivity contribution < 1.29 is 0 Å². The first-order chi connectivity index (χ1) is 9.09. The van der Waals surface area contributed by atoms with Crippen molar-refractivity contribution in [3.8, 4) is 0 Å². The van der Waals surface area contributed by atoms with Gasteiger partial charge in [0.25, 0.3) is 0 Å². The molecular weight excluding hydrogens is 277 g/mol. The predicted molar refractivity (Wildman–Crippen MR) is 85.4 cm³/mol. The molecule has 0 N–H and O–H groups in total. The lowest BCUT2D eigenvalue weighted by Gasteiger charge is -2.13. The molecule has 0 fully saturated rings. The molecule has 0 spiro atoms. The van der Waals surface area contributed by atoms with Crippen LogP contribution in [0.3, 0.4) is 0 Å². The van der Waals surface area contributed by atoms with E-state index in [0.29, 0.717) is 16.1 Å². The quantitative estimate of drug-likeness (QED) is 0.655. The van der Waals surface area contributed by atoms with Crippen LogP contribution in [0.15, 0.2) is 36.4 Å². The number of aromatic nitrogens is 1. The van der Waals surface area contributed by atoms with E-state index < -0.39 is 0 Å². The summed E-state index contributed by atoms with van der Waals surface area (Å²) in [5, 5.41) is 1.26. The van der Waals surface area contributed by atoms with E-state index >= 15 is 0 Å². The Balaban J connectivity index is 0.000000861. The molecule has 2 aromatic rings. The normalized spacial score (nSPS) is 10.3. The minimum Gasteiger partial charge on any atom is -0.330 e. The lowest BCUT2D eigenvalue weighted by Crippen LogP contribution is -2.05. The summed E-state index contributed by atoms with van der Waals surface area (Å²) in [5.41, 5.74) is 2.40. The number of hydrogen-bond acceptors (Lipinski definition) is 0. The Labute approximate surface area is 126 Å². The van der Waals surface area contributed by atoms with Crippen molar-refractivity contribution >= 4 is 23.2 Å². The highest BCUT2D eigenvalue weighted by Gasteiger charge is 2.14. The standard InChI is InChI=1S/C14H15Cl2N.C2H6/c1-10(2)13-8-12(15)14(16)17(13)9-11-6-4-3-5-7-11;1-2/h3-8,10H,9H2,1-2H3;1-2H3. The zero-order chi connectivity index (χ0) is 14.4. The molecule has 1 nitrogen and oxygen atoms in total. The summed E-state index contributed by atoms with van der Waals surface area (Å²) in [6.07, 6.45) is 0. The first-order valence-corrected chi connectivity index (χ1v) is 7.43. The molecular formula is C16H21Cl2N. The molecule has 0 aliphatic carbocycles. The summed E-state index contributed by atoms with van der Waals surface area (Å²) in [5.74, 6) is 0.406. The van der Waals surface area contributed by atoms with Crippen LogP contribution in [-0.4, -0.2) is 4.57 Å². The number of hydrogen-bond donors (Lipinski definition) is 0. The van der Waals surface area contributed by atoms with Gasteiger partial charge in [-0.15, -0.1) is 0 Å². The van der Waals surface area contributed by atoms with Crippen LogP contribution < -0.4 is 0 Å². The van der Waals surface area contributed by atoms with Crippen LogP contribution >= 0.6 is 23.2 Å². The van der Waals surface area contributed by atoms with E-state index in [1.165, 1.54) is 11.3 Å². The summed E-state index contributed by atoms with van der Waals surface area (Å²) in [6.45, 7) is 9.05. The van der Waals surface area contributed by atoms with Gasteiger partial charge in [-0.25, -0.2) is 0 Å². The molecule has 0 radical (unpaired) electrons. The van der Waals surface area contributed by atoms with Crippen molar-refractivity contribution in [3.05, 3.63) is 57.8 Å². The van der Waals surface area contributed by atoms with Gasteiger partial charge in [-0.05, 0) is 17.5 Å².